The van der Waals surface area contributed by atoms with Gasteiger partial charge in [0, 0.05) is 19.2 Å². The van der Waals surface area contributed by atoms with Gasteiger partial charge in [0.15, 0.2) is 0 Å². The van der Waals surface area contributed by atoms with E-state index in [0.717, 1.165) is 25.7 Å². The van der Waals surface area contributed by atoms with Crippen molar-refractivity contribution in [2.45, 2.75) is 6.54 Å². The number of carbonyl (C=O) groups excluding carboxylic acids is 2. The normalized spacial score (nSPS) is 10.8. The van der Waals surface area contributed by atoms with E-state index in [0.29, 0.717) is 17.0 Å². The second-order valence-corrected chi connectivity index (χ2v) is 8.23. The van der Waals surface area contributed by atoms with Crippen molar-refractivity contribution in [1.29, 1.82) is 0 Å². The number of hydrogen-bond acceptors (Lipinski definition) is 5. The standard InChI is InChI=1S/C21H17N3O2S2/c1-22-19(25)14-6-4-5-13(11-14)12-23-20(26)17-9-10-18(27-17)21-24-15-7-2-3-8-16(15)28-21/h2-11H,12H2,1H3,(H,22,25)(H,23,26). The molecule has 2 aromatic carbocycles. The zero-order valence-electron chi connectivity index (χ0n) is 15.1. The topological polar surface area (TPSA) is 71.1 Å². The molecule has 4 aromatic rings. The second kappa shape index (κ2) is 7.92. The molecule has 7 heteroatoms. The van der Waals surface area contributed by atoms with E-state index in [1.165, 1.54) is 11.3 Å². The van der Waals surface area contributed by atoms with Crippen LogP contribution in [0.2, 0.25) is 0 Å². The molecule has 0 unspecified atom stereocenters. The van der Waals surface area contributed by atoms with Crippen molar-refractivity contribution in [3.63, 3.8) is 0 Å². The van der Waals surface area contributed by atoms with Gasteiger partial charge < -0.3 is 10.6 Å². The molecule has 2 amide bonds. The Morgan fingerprint density at radius 2 is 1.82 bits per heavy atom. The molecule has 0 aliphatic rings. The van der Waals surface area contributed by atoms with Crippen LogP contribution in [0.4, 0.5) is 0 Å². The average molecular weight is 408 g/mol. The van der Waals surface area contributed by atoms with Crippen molar-refractivity contribution in [2.75, 3.05) is 7.05 Å². The van der Waals surface area contributed by atoms with Gasteiger partial charge >= 0.3 is 0 Å². The number of hydrogen-bond donors (Lipinski definition) is 2. The molecule has 0 aliphatic carbocycles. The van der Waals surface area contributed by atoms with Crippen molar-refractivity contribution in [3.8, 4) is 9.88 Å². The van der Waals surface area contributed by atoms with E-state index in [9.17, 15) is 9.59 Å². The highest BCUT2D eigenvalue weighted by atomic mass is 32.1. The summed E-state index contributed by atoms with van der Waals surface area (Å²) in [6.45, 7) is 0.359. The van der Waals surface area contributed by atoms with Crippen LogP contribution >= 0.6 is 22.7 Å². The summed E-state index contributed by atoms with van der Waals surface area (Å²) >= 11 is 3.05. The van der Waals surface area contributed by atoms with Crippen LogP contribution in [0.3, 0.4) is 0 Å². The Balaban J connectivity index is 1.45. The fraction of sp³-hybridized carbons (Fsp3) is 0.0952. The van der Waals surface area contributed by atoms with Gasteiger partial charge in [-0.2, -0.15) is 0 Å². The highest BCUT2D eigenvalue weighted by Gasteiger charge is 2.13. The summed E-state index contributed by atoms with van der Waals surface area (Å²) in [6, 6.07) is 19.0. The number of thiazole rings is 1. The number of fused-ring (bicyclic) bond motifs is 1. The zero-order valence-corrected chi connectivity index (χ0v) is 16.7. The quantitative estimate of drug-likeness (QED) is 0.518. The first-order valence-electron chi connectivity index (χ1n) is 8.69. The van der Waals surface area contributed by atoms with E-state index in [2.05, 4.69) is 15.6 Å². The number of nitrogens with zero attached hydrogens (tertiary/aromatic N) is 1. The molecule has 2 heterocycles. The maximum atomic E-state index is 12.5. The summed E-state index contributed by atoms with van der Waals surface area (Å²) in [5.41, 5.74) is 2.42. The molecule has 28 heavy (non-hydrogen) atoms. The van der Waals surface area contributed by atoms with Gasteiger partial charge in [0.05, 0.1) is 20.0 Å². The van der Waals surface area contributed by atoms with Gasteiger partial charge in [-0.05, 0) is 42.0 Å². The smallest absolute Gasteiger partial charge is 0.261 e. The first kappa shape index (κ1) is 18.3. The lowest BCUT2D eigenvalue weighted by atomic mass is 10.1. The van der Waals surface area contributed by atoms with E-state index >= 15 is 0 Å². The number of aromatic nitrogens is 1. The maximum absolute atomic E-state index is 12.5. The number of thiophene rings is 1. The highest BCUT2D eigenvalue weighted by Crippen LogP contribution is 2.34. The largest absolute Gasteiger partial charge is 0.355 e. The first-order chi connectivity index (χ1) is 13.6. The van der Waals surface area contributed by atoms with Gasteiger partial charge in [0.2, 0.25) is 0 Å². The minimum Gasteiger partial charge on any atom is -0.355 e. The van der Waals surface area contributed by atoms with E-state index in [-0.39, 0.29) is 11.8 Å². The molecule has 4 rings (SSSR count). The van der Waals surface area contributed by atoms with Crippen LogP contribution in [-0.2, 0) is 6.54 Å². The lowest BCUT2D eigenvalue weighted by Crippen LogP contribution is -2.22. The van der Waals surface area contributed by atoms with Crippen LogP contribution in [0.15, 0.2) is 60.7 Å². The third kappa shape index (κ3) is 3.81. The fourth-order valence-corrected chi connectivity index (χ4v) is 4.73. The van der Waals surface area contributed by atoms with Crippen molar-refractivity contribution >= 4 is 44.7 Å². The lowest BCUT2D eigenvalue weighted by Gasteiger charge is -2.06. The molecule has 0 saturated heterocycles. The van der Waals surface area contributed by atoms with Crippen LogP contribution < -0.4 is 10.6 Å². The molecule has 0 bridgehead atoms. The number of carbonyl (C=O) groups is 2. The van der Waals surface area contributed by atoms with Gasteiger partial charge in [0.25, 0.3) is 11.8 Å². The summed E-state index contributed by atoms with van der Waals surface area (Å²) in [4.78, 5) is 30.5. The molecule has 2 N–H and O–H groups in total. The minimum absolute atomic E-state index is 0.136. The van der Waals surface area contributed by atoms with Crippen molar-refractivity contribution in [1.82, 2.24) is 15.6 Å². The number of benzene rings is 2. The number of amides is 2. The van der Waals surface area contributed by atoms with E-state index in [1.54, 1.807) is 30.5 Å². The Hall–Kier alpha value is -3.03. The van der Waals surface area contributed by atoms with E-state index in [4.69, 9.17) is 0 Å². The van der Waals surface area contributed by atoms with Crippen molar-refractivity contribution < 1.29 is 9.59 Å². The minimum atomic E-state index is -0.146. The zero-order chi connectivity index (χ0) is 19.5. The summed E-state index contributed by atoms with van der Waals surface area (Å²) in [6.07, 6.45) is 0. The number of nitrogens with one attached hydrogen (secondary N) is 2. The average Bonchev–Trinajstić information content (AvgIpc) is 3.38. The summed E-state index contributed by atoms with van der Waals surface area (Å²) < 4.78 is 1.13. The van der Waals surface area contributed by atoms with Crippen LogP contribution in [0, 0.1) is 0 Å². The van der Waals surface area contributed by atoms with Gasteiger partial charge in [-0.15, -0.1) is 22.7 Å². The Morgan fingerprint density at radius 3 is 2.64 bits per heavy atom. The summed E-state index contributed by atoms with van der Waals surface area (Å²) in [5, 5.41) is 6.43. The van der Waals surface area contributed by atoms with E-state index in [1.807, 2.05) is 48.5 Å². The molecule has 0 spiro atoms. The number of para-hydroxylation sites is 1. The molecular weight excluding hydrogens is 390 g/mol. The Labute approximate surface area is 170 Å². The van der Waals surface area contributed by atoms with Gasteiger partial charge in [-0.1, -0.05) is 24.3 Å². The van der Waals surface area contributed by atoms with Crippen molar-refractivity contribution in [2.24, 2.45) is 0 Å². The Bertz CT molecular complexity index is 1130. The molecule has 5 nitrogen and oxygen atoms in total. The van der Waals surface area contributed by atoms with Crippen LogP contribution in [0.1, 0.15) is 25.6 Å². The molecule has 0 aliphatic heterocycles. The monoisotopic (exact) mass is 407 g/mol. The summed E-state index contributed by atoms with van der Waals surface area (Å²) in [7, 11) is 1.59. The summed E-state index contributed by atoms with van der Waals surface area (Å²) in [5.74, 6) is -0.283. The SMILES string of the molecule is CNC(=O)c1cccc(CNC(=O)c2ccc(-c3nc4ccccc4s3)s2)c1. The van der Waals surface area contributed by atoms with Crippen LogP contribution in [0.25, 0.3) is 20.1 Å². The van der Waals surface area contributed by atoms with Gasteiger partial charge in [-0.25, -0.2) is 4.98 Å². The van der Waals surface area contributed by atoms with Gasteiger partial charge in [0.1, 0.15) is 5.01 Å². The fourth-order valence-electron chi connectivity index (χ4n) is 2.79. The van der Waals surface area contributed by atoms with Crippen LogP contribution in [-0.4, -0.2) is 23.8 Å². The predicted molar refractivity (Wildman–Crippen MR) is 114 cm³/mol. The lowest BCUT2D eigenvalue weighted by molar-refractivity contribution is 0.0952. The molecule has 0 saturated carbocycles. The van der Waals surface area contributed by atoms with Gasteiger partial charge in [-0.3, -0.25) is 9.59 Å². The highest BCUT2D eigenvalue weighted by molar-refractivity contribution is 7.26. The Morgan fingerprint density at radius 1 is 0.964 bits per heavy atom. The second-order valence-electron chi connectivity index (χ2n) is 6.11. The Kier molecular flexibility index (Phi) is 5.18. The molecule has 140 valence electrons. The predicted octanol–water partition coefficient (Wildman–Crippen LogP) is 4.31. The number of rotatable bonds is 5. The molecule has 0 atom stereocenters. The third-order valence-corrected chi connectivity index (χ3v) is 6.49. The molecule has 0 radical (unpaired) electrons. The molecule has 0 fully saturated rings. The van der Waals surface area contributed by atoms with Crippen molar-refractivity contribution in [3.05, 3.63) is 76.7 Å². The third-order valence-electron chi connectivity index (χ3n) is 4.20. The first-order valence-corrected chi connectivity index (χ1v) is 10.3. The molecule has 2 aromatic heterocycles. The maximum Gasteiger partial charge on any atom is 0.261 e. The molecular formula is C21H17N3O2S2. The van der Waals surface area contributed by atoms with E-state index < -0.39 is 0 Å². The van der Waals surface area contributed by atoms with Crippen LogP contribution in [0.5, 0.6) is 0 Å².